The number of carbonyl (C=O) groups is 1. The summed E-state index contributed by atoms with van der Waals surface area (Å²) in [6.45, 7) is 2.24. The average molecular weight is 279 g/mol. The van der Waals surface area contributed by atoms with Gasteiger partial charge in [0.25, 0.3) is 0 Å². The van der Waals surface area contributed by atoms with E-state index < -0.39 is 6.04 Å². The number of aryl methyl sites for hydroxylation is 1. The Morgan fingerprint density at radius 1 is 1.45 bits per heavy atom. The highest BCUT2D eigenvalue weighted by atomic mass is 16.5. The van der Waals surface area contributed by atoms with Crippen molar-refractivity contribution in [2.45, 2.75) is 57.5 Å². The molecule has 0 aliphatic heterocycles. The fourth-order valence-corrected chi connectivity index (χ4v) is 2.80. The highest BCUT2D eigenvalue weighted by molar-refractivity contribution is 5.77. The molecular formula is C15H25N3O2. The van der Waals surface area contributed by atoms with Crippen molar-refractivity contribution in [3.8, 4) is 0 Å². The van der Waals surface area contributed by atoms with Gasteiger partial charge in [0.1, 0.15) is 6.04 Å². The first kappa shape index (κ1) is 15.0. The molecule has 0 spiro atoms. The fraction of sp³-hybridized carbons (Fsp3) is 0.733. The Bertz CT molecular complexity index is 423. The van der Waals surface area contributed by atoms with E-state index >= 15 is 0 Å². The Labute approximate surface area is 120 Å². The van der Waals surface area contributed by atoms with E-state index in [1.54, 1.807) is 10.9 Å². The zero-order valence-corrected chi connectivity index (χ0v) is 12.5. The lowest BCUT2D eigenvalue weighted by atomic mass is 10.1. The monoisotopic (exact) mass is 279 g/mol. The van der Waals surface area contributed by atoms with Gasteiger partial charge in [-0.15, -0.1) is 0 Å². The molecule has 5 heteroatoms. The van der Waals surface area contributed by atoms with Crippen molar-refractivity contribution >= 4 is 5.97 Å². The topological polar surface area (TPSA) is 56.1 Å². The molecule has 0 bridgehead atoms. The third kappa shape index (κ3) is 4.07. The molecule has 1 aliphatic rings. The quantitative estimate of drug-likeness (QED) is 0.664. The van der Waals surface area contributed by atoms with Crippen molar-refractivity contribution in [3.05, 3.63) is 18.0 Å². The summed E-state index contributed by atoms with van der Waals surface area (Å²) >= 11 is 0. The molecule has 0 amide bonds. The van der Waals surface area contributed by atoms with Crippen LogP contribution in [-0.4, -0.2) is 28.4 Å². The second-order valence-electron chi connectivity index (χ2n) is 5.49. The zero-order valence-electron chi connectivity index (χ0n) is 12.5. The largest absolute Gasteiger partial charge is 0.465 e. The molecule has 0 radical (unpaired) electrons. The molecule has 1 N–H and O–H groups in total. The van der Waals surface area contributed by atoms with Crippen molar-refractivity contribution < 1.29 is 9.53 Å². The van der Waals surface area contributed by atoms with Crippen LogP contribution in [0.5, 0.6) is 0 Å². The van der Waals surface area contributed by atoms with E-state index in [2.05, 4.69) is 10.4 Å². The van der Waals surface area contributed by atoms with Gasteiger partial charge in [-0.05, 0) is 19.8 Å². The summed E-state index contributed by atoms with van der Waals surface area (Å²) in [6, 6.07) is -0.00105. The molecule has 2 rings (SSSR count). The molecule has 0 aromatic carbocycles. The number of esters is 1. The van der Waals surface area contributed by atoms with Crippen LogP contribution in [0.4, 0.5) is 0 Å². The number of aromatic nitrogens is 2. The number of nitrogens with one attached hydrogen (secondary N) is 1. The summed E-state index contributed by atoms with van der Waals surface area (Å²) < 4.78 is 6.92. The van der Waals surface area contributed by atoms with Crippen LogP contribution in [0.2, 0.25) is 0 Å². The van der Waals surface area contributed by atoms with Crippen molar-refractivity contribution in [2.75, 3.05) is 6.61 Å². The molecule has 1 saturated carbocycles. The molecule has 0 saturated heterocycles. The summed E-state index contributed by atoms with van der Waals surface area (Å²) in [7, 11) is 1.86. The van der Waals surface area contributed by atoms with E-state index in [-0.39, 0.29) is 5.97 Å². The lowest BCUT2D eigenvalue weighted by molar-refractivity contribution is -0.146. The average Bonchev–Trinajstić information content (AvgIpc) is 2.70. The second-order valence-corrected chi connectivity index (χ2v) is 5.49. The molecular weight excluding hydrogens is 254 g/mol. The van der Waals surface area contributed by atoms with Gasteiger partial charge in [0.05, 0.1) is 12.8 Å². The van der Waals surface area contributed by atoms with Crippen molar-refractivity contribution in [2.24, 2.45) is 7.05 Å². The lowest BCUT2D eigenvalue weighted by Crippen LogP contribution is -2.37. The summed E-state index contributed by atoms with van der Waals surface area (Å²) in [6.07, 6.45) is 11.0. The molecule has 20 heavy (non-hydrogen) atoms. The van der Waals surface area contributed by atoms with Gasteiger partial charge in [-0.2, -0.15) is 5.10 Å². The Hall–Kier alpha value is -1.36. The Morgan fingerprint density at radius 2 is 2.15 bits per heavy atom. The number of hydrogen-bond donors (Lipinski definition) is 1. The lowest BCUT2D eigenvalue weighted by Gasteiger charge is -2.22. The van der Waals surface area contributed by atoms with Crippen LogP contribution in [-0.2, 0) is 16.6 Å². The van der Waals surface area contributed by atoms with E-state index in [1.165, 1.54) is 25.7 Å². The van der Waals surface area contributed by atoms with Crippen LogP contribution in [0.15, 0.2) is 12.4 Å². The summed E-state index contributed by atoms with van der Waals surface area (Å²) in [5, 5.41) is 7.64. The van der Waals surface area contributed by atoms with Gasteiger partial charge in [0.15, 0.2) is 0 Å². The molecule has 1 aromatic rings. The van der Waals surface area contributed by atoms with Crippen LogP contribution in [0.3, 0.4) is 0 Å². The maximum Gasteiger partial charge on any atom is 0.327 e. The van der Waals surface area contributed by atoms with Gasteiger partial charge in [0.2, 0.25) is 0 Å². The van der Waals surface area contributed by atoms with Gasteiger partial charge in [0, 0.05) is 24.8 Å². The van der Waals surface area contributed by atoms with Crippen molar-refractivity contribution in [1.82, 2.24) is 15.1 Å². The molecule has 1 unspecified atom stereocenters. The van der Waals surface area contributed by atoms with Gasteiger partial charge < -0.3 is 4.74 Å². The first-order valence-electron chi connectivity index (χ1n) is 7.62. The van der Waals surface area contributed by atoms with E-state index in [0.717, 1.165) is 18.4 Å². The van der Waals surface area contributed by atoms with E-state index in [1.807, 2.05) is 20.2 Å². The summed E-state index contributed by atoms with van der Waals surface area (Å²) in [5.41, 5.74) is 0.884. The van der Waals surface area contributed by atoms with Crippen LogP contribution in [0.25, 0.3) is 0 Å². The third-order valence-electron chi connectivity index (χ3n) is 3.84. The maximum atomic E-state index is 12.2. The third-order valence-corrected chi connectivity index (χ3v) is 3.84. The minimum absolute atomic E-state index is 0.204. The van der Waals surface area contributed by atoms with Crippen LogP contribution < -0.4 is 5.32 Å². The minimum atomic E-state index is -0.397. The molecule has 5 nitrogen and oxygen atoms in total. The number of carbonyl (C=O) groups excluding carboxylic acids is 1. The van der Waals surface area contributed by atoms with E-state index in [0.29, 0.717) is 12.6 Å². The van der Waals surface area contributed by atoms with E-state index in [9.17, 15) is 4.79 Å². The summed E-state index contributed by atoms with van der Waals surface area (Å²) in [5.74, 6) is -0.204. The Balaban J connectivity index is 2.07. The second kappa shape index (κ2) is 7.43. The number of hydrogen-bond acceptors (Lipinski definition) is 4. The molecule has 1 atom stereocenters. The van der Waals surface area contributed by atoms with Gasteiger partial charge in [-0.1, -0.05) is 25.7 Å². The predicted molar refractivity (Wildman–Crippen MR) is 77.2 cm³/mol. The highest BCUT2D eigenvalue weighted by Gasteiger charge is 2.26. The number of rotatable bonds is 5. The highest BCUT2D eigenvalue weighted by Crippen LogP contribution is 2.22. The SMILES string of the molecule is CCOC(=O)C(NC1CCCCCC1)c1cnn(C)c1. The molecule has 1 fully saturated rings. The van der Waals surface area contributed by atoms with Gasteiger partial charge >= 0.3 is 5.97 Å². The first-order valence-corrected chi connectivity index (χ1v) is 7.62. The maximum absolute atomic E-state index is 12.2. The fourth-order valence-electron chi connectivity index (χ4n) is 2.80. The van der Waals surface area contributed by atoms with Crippen molar-refractivity contribution in [1.29, 1.82) is 0 Å². The molecule has 1 aliphatic carbocycles. The number of ether oxygens (including phenoxy) is 1. The van der Waals surface area contributed by atoms with Gasteiger partial charge in [-0.3, -0.25) is 10.00 Å². The normalized spacial score (nSPS) is 18.5. The standard InChI is InChI=1S/C15H25N3O2/c1-3-20-15(19)14(12-10-16-18(2)11-12)17-13-8-6-4-5-7-9-13/h10-11,13-14,17H,3-9H2,1-2H3. The van der Waals surface area contributed by atoms with E-state index in [4.69, 9.17) is 4.74 Å². The Morgan fingerprint density at radius 3 is 2.70 bits per heavy atom. The first-order chi connectivity index (χ1) is 9.70. The Kier molecular flexibility index (Phi) is 5.59. The molecule has 1 heterocycles. The zero-order chi connectivity index (χ0) is 14.4. The van der Waals surface area contributed by atoms with Crippen LogP contribution >= 0.6 is 0 Å². The predicted octanol–water partition coefficient (Wildman–Crippen LogP) is 2.34. The van der Waals surface area contributed by atoms with Crippen LogP contribution in [0.1, 0.15) is 57.1 Å². The molecule has 1 aromatic heterocycles. The molecule has 112 valence electrons. The van der Waals surface area contributed by atoms with Crippen molar-refractivity contribution in [3.63, 3.8) is 0 Å². The number of nitrogens with zero attached hydrogens (tertiary/aromatic N) is 2. The minimum Gasteiger partial charge on any atom is -0.465 e. The van der Waals surface area contributed by atoms with Crippen LogP contribution in [0, 0.1) is 0 Å². The summed E-state index contributed by atoms with van der Waals surface area (Å²) in [4.78, 5) is 12.2. The van der Waals surface area contributed by atoms with Gasteiger partial charge in [-0.25, -0.2) is 4.79 Å². The smallest absolute Gasteiger partial charge is 0.327 e.